The second-order valence-corrected chi connectivity index (χ2v) is 4.20. The predicted molar refractivity (Wildman–Crippen MR) is 57.0 cm³/mol. The summed E-state index contributed by atoms with van der Waals surface area (Å²) in [5.41, 5.74) is 0. The molecule has 73 valence electrons. The summed E-state index contributed by atoms with van der Waals surface area (Å²) in [5, 5.41) is 0. The van der Waals surface area contributed by atoms with Crippen molar-refractivity contribution in [2.75, 3.05) is 0 Å². The van der Waals surface area contributed by atoms with Gasteiger partial charge < -0.3 is 0 Å². The fraction of sp³-hybridized carbons (Fsp3) is 0.917. The van der Waals surface area contributed by atoms with Gasteiger partial charge in [0.2, 0.25) is 0 Å². The molecule has 0 amide bonds. The Hall–Kier alpha value is 0. The maximum absolute atomic E-state index is 4.28. The van der Waals surface area contributed by atoms with Gasteiger partial charge in [0.25, 0.3) is 0 Å². The van der Waals surface area contributed by atoms with Crippen LogP contribution in [0.5, 0.6) is 0 Å². The summed E-state index contributed by atoms with van der Waals surface area (Å²) in [7, 11) is 0. The minimum atomic E-state index is 0.657. The molecule has 0 aromatic heterocycles. The molecule has 0 saturated carbocycles. The molecule has 0 N–H and O–H groups in total. The van der Waals surface area contributed by atoms with E-state index in [1.54, 1.807) is 0 Å². The molecule has 2 atom stereocenters. The molecule has 0 nitrogen and oxygen atoms in total. The van der Waals surface area contributed by atoms with Crippen LogP contribution in [0.15, 0.2) is 0 Å². The van der Waals surface area contributed by atoms with Crippen LogP contribution in [0.1, 0.15) is 53.4 Å². The molecule has 12 heavy (non-hydrogen) atoms. The van der Waals surface area contributed by atoms with Crippen molar-refractivity contribution in [1.82, 2.24) is 0 Å². The second-order valence-electron chi connectivity index (χ2n) is 4.20. The fourth-order valence-corrected chi connectivity index (χ4v) is 1.90. The van der Waals surface area contributed by atoms with Gasteiger partial charge in [0.15, 0.2) is 0 Å². The van der Waals surface area contributed by atoms with E-state index in [1.165, 1.54) is 25.7 Å². The molecule has 0 rings (SSSR count). The lowest BCUT2D eigenvalue weighted by Gasteiger charge is -2.25. The van der Waals surface area contributed by atoms with Gasteiger partial charge in [0.1, 0.15) is 0 Å². The van der Waals surface area contributed by atoms with Crippen molar-refractivity contribution in [2.45, 2.75) is 53.4 Å². The smallest absolute Gasteiger partial charge is 0.0363 e. The molecule has 0 aromatic carbocycles. The molecule has 1 radical (unpaired) electrons. The van der Waals surface area contributed by atoms with Crippen LogP contribution in [0, 0.1) is 24.7 Å². The highest BCUT2D eigenvalue weighted by atomic mass is 14.2. The van der Waals surface area contributed by atoms with Crippen LogP contribution in [0.2, 0.25) is 0 Å². The van der Waals surface area contributed by atoms with Crippen molar-refractivity contribution >= 4 is 0 Å². The highest BCUT2D eigenvalue weighted by molar-refractivity contribution is 4.73. The van der Waals surface area contributed by atoms with Gasteiger partial charge in [-0.2, -0.15) is 0 Å². The third-order valence-corrected chi connectivity index (χ3v) is 2.95. The lowest BCUT2D eigenvalue weighted by atomic mass is 9.81. The van der Waals surface area contributed by atoms with E-state index in [0.29, 0.717) is 5.92 Å². The third-order valence-electron chi connectivity index (χ3n) is 2.95. The van der Waals surface area contributed by atoms with E-state index < -0.39 is 0 Å². The van der Waals surface area contributed by atoms with E-state index in [1.807, 2.05) is 0 Å². The summed E-state index contributed by atoms with van der Waals surface area (Å²) in [4.78, 5) is 0. The van der Waals surface area contributed by atoms with Gasteiger partial charge in [0, 0.05) is 0 Å². The molecule has 0 aliphatic heterocycles. The van der Waals surface area contributed by atoms with Crippen LogP contribution >= 0.6 is 0 Å². The van der Waals surface area contributed by atoms with Crippen LogP contribution in [0.3, 0.4) is 0 Å². The maximum atomic E-state index is 4.28. The first kappa shape index (κ1) is 12.0. The largest absolute Gasteiger partial charge is 0.0654 e. The Morgan fingerprint density at radius 3 is 1.50 bits per heavy atom. The predicted octanol–water partition coefficient (Wildman–Crippen LogP) is 4.31. The van der Waals surface area contributed by atoms with Gasteiger partial charge in [-0.25, -0.2) is 0 Å². The third kappa shape index (κ3) is 4.13. The molecule has 0 aliphatic carbocycles. The van der Waals surface area contributed by atoms with Crippen molar-refractivity contribution in [3.63, 3.8) is 0 Å². The topological polar surface area (TPSA) is 0 Å². The van der Waals surface area contributed by atoms with Crippen LogP contribution in [-0.2, 0) is 0 Å². The monoisotopic (exact) mass is 169 g/mol. The van der Waals surface area contributed by atoms with E-state index in [4.69, 9.17) is 0 Å². The maximum Gasteiger partial charge on any atom is -0.0363 e. The molecule has 0 fully saturated rings. The van der Waals surface area contributed by atoms with Gasteiger partial charge in [-0.05, 0) is 24.7 Å². The Morgan fingerprint density at radius 2 is 1.25 bits per heavy atom. The average molecular weight is 169 g/mol. The zero-order valence-corrected chi connectivity index (χ0v) is 9.27. The van der Waals surface area contributed by atoms with Crippen molar-refractivity contribution < 1.29 is 0 Å². The van der Waals surface area contributed by atoms with Gasteiger partial charge in [0.05, 0.1) is 0 Å². The van der Waals surface area contributed by atoms with Crippen molar-refractivity contribution in [1.29, 1.82) is 0 Å². The molecular weight excluding hydrogens is 144 g/mol. The van der Waals surface area contributed by atoms with E-state index >= 15 is 0 Å². The van der Waals surface area contributed by atoms with Crippen molar-refractivity contribution in [2.24, 2.45) is 17.8 Å². The highest BCUT2D eigenvalue weighted by Crippen LogP contribution is 2.26. The Labute approximate surface area is 78.8 Å². The number of hydrogen-bond donors (Lipinski definition) is 0. The Morgan fingerprint density at radius 1 is 0.917 bits per heavy atom. The molecule has 0 saturated heterocycles. The van der Waals surface area contributed by atoms with Gasteiger partial charge in [-0.15, -0.1) is 0 Å². The summed E-state index contributed by atoms with van der Waals surface area (Å²) >= 11 is 0. The zero-order valence-electron chi connectivity index (χ0n) is 9.27. The highest BCUT2D eigenvalue weighted by Gasteiger charge is 2.17. The summed E-state index contributed by atoms with van der Waals surface area (Å²) < 4.78 is 0. The van der Waals surface area contributed by atoms with Gasteiger partial charge in [-0.3, -0.25) is 0 Å². The molecule has 2 unspecified atom stereocenters. The van der Waals surface area contributed by atoms with Gasteiger partial charge >= 0.3 is 0 Å². The Balaban J connectivity index is 3.73. The molecule has 0 aromatic rings. The van der Waals surface area contributed by atoms with E-state index in [9.17, 15) is 0 Å². The molecule has 0 bridgehead atoms. The number of rotatable bonds is 6. The first-order valence-electron chi connectivity index (χ1n) is 5.46. The number of hydrogen-bond acceptors (Lipinski definition) is 0. The molecule has 0 heterocycles. The summed E-state index contributed by atoms with van der Waals surface area (Å²) in [5.74, 6) is 2.26. The Bertz CT molecular complexity index is 84.2. The lowest BCUT2D eigenvalue weighted by Crippen LogP contribution is -2.16. The average Bonchev–Trinajstić information content (AvgIpc) is 2.04. The minimum absolute atomic E-state index is 0.657. The summed E-state index contributed by atoms with van der Waals surface area (Å²) in [6.07, 6.45) is 5.27. The molecule has 0 spiro atoms. The van der Waals surface area contributed by atoms with E-state index in [0.717, 1.165) is 11.8 Å². The van der Waals surface area contributed by atoms with Crippen molar-refractivity contribution in [3.8, 4) is 0 Å². The Kier molecular flexibility index (Phi) is 6.51. The van der Waals surface area contributed by atoms with Gasteiger partial charge in [-0.1, -0.05) is 53.4 Å². The summed E-state index contributed by atoms with van der Waals surface area (Å²) in [6, 6.07) is 0. The minimum Gasteiger partial charge on any atom is -0.0654 e. The normalized spacial score (nSPS) is 18.8. The second kappa shape index (κ2) is 6.51. The fourth-order valence-electron chi connectivity index (χ4n) is 1.90. The zero-order chi connectivity index (χ0) is 9.56. The standard InChI is InChI=1S/C12H25/c1-6-8-10(3)12(5)11(4)9-7-2/h10-12H,5-9H2,1-4H3. The first-order valence-corrected chi connectivity index (χ1v) is 5.46. The van der Waals surface area contributed by atoms with Crippen LogP contribution in [0.25, 0.3) is 0 Å². The summed E-state index contributed by atoms with van der Waals surface area (Å²) in [6.45, 7) is 13.5. The lowest BCUT2D eigenvalue weighted by molar-refractivity contribution is 0.281. The van der Waals surface area contributed by atoms with Crippen LogP contribution in [-0.4, -0.2) is 0 Å². The first-order chi connectivity index (χ1) is 5.63. The van der Waals surface area contributed by atoms with Crippen LogP contribution < -0.4 is 0 Å². The SMILES string of the molecule is [CH2]C(C(C)CCC)C(C)CCC. The molecular formula is C12H25. The molecule has 0 aliphatic rings. The van der Waals surface area contributed by atoms with E-state index in [2.05, 4.69) is 34.6 Å². The van der Waals surface area contributed by atoms with E-state index in [-0.39, 0.29) is 0 Å². The molecule has 0 heteroatoms. The quantitative estimate of drug-likeness (QED) is 0.556. The van der Waals surface area contributed by atoms with Crippen LogP contribution in [0.4, 0.5) is 0 Å². The van der Waals surface area contributed by atoms with Crippen molar-refractivity contribution in [3.05, 3.63) is 6.92 Å².